The Bertz CT molecular complexity index is 224. The normalized spacial score (nSPS) is 35.6. The summed E-state index contributed by atoms with van der Waals surface area (Å²) in [5.74, 6) is 0. The van der Waals surface area contributed by atoms with Crippen LogP contribution >= 0.6 is 0 Å². The Balaban J connectivity index is 2.99. The molecule has 0 aromatic heterocycles. The number of allylic oxidation sites excluding steroid dienone is 2. The lowest BCUT2D eigenvalue weighted by Gasteiger charge is -2.39. The predicted octanol–water partition coefficient (Wildman–Crippen LogP) is 2.23. The third-order valence-corrected chi connectivity index (χ3v) is 2.32. The van der Waals surface area contributed by atoms with Gasteiger partial charge in [-0.05, 0) is 6.08 Å². The van der Waals surface area contributed by atoms with E-state index in [2.05, 4.69) is 0 Å². The number of aliphatic hydroxyl groups excluding tert-OH is 1. The van der Waals surface area contributed by atoms with Crippen molar-refractivity contribution in [3.8, 4) is 0 Å². The van der Waals surface area contributed by atoms with Gasteiger partial charge in [-0.1, -0.05) is 39.0 Å². The Morgan fingerprint density at radius 1 is 1.33 bits per heavy atom. The Kier molecular flexibility index (Phi) is 2.13. The first-order chi connectivity index (χ1) is 5.38. The van der Waals surface area contributed by atoms with E-state index in [1.807, 2.05) is 0 Å². The molecule has 0 heterocycles. The fraction of sp³-hybridized carbons (Fsp3) is 0.600. The molecular weight excluding hydrogens is 155 g/mol. The van der Waals surface area contributed by atoms with Gasteiger partial charge < -0.3 is 5.11 Å². The molecule has 0 aromatic carbocycles. The quantitative estimate of drug-likeness (QED) is 0.591. The molecule has 0 saturated carbocycles. The van der Waals surface area contributed by atoms with E-state index < -0.39 is 17.2 Å². The molecule has 12 heavy (non-hydrogen) atoms. The number of aliphatic hydroxyl groups is 1. The number of halogens is 1. The molecule has 1 rings (SSSR count). The van der Waals surface area contributed by atoms with Crippen molar-refractivity contribution in [3.63, 3.8) is 0 Å². The van der Waals surface area contributed by atoms with Crippen LogP contribution in [0.5, 0.6) is 0 Å². The maximum Gasteiger partial charge on any atom is 0.163 e. The molecule has 1 aliphatic rings. The van der Waals surface area contributed by atoms with E-state index in [1.165, 1.54) is 12.2 Å². The number of rotatable bonds is 0. The molecule has 0 saturated heterocycles. The zero-order valence-corrected chi connectivity index (χ0v) is 7.71. The van der Waals surface area contributed by atoms with E-state index in [1.54, 1.807) is 32.9 Å². The summed E-state index contributed by atoms with van der Waals surface area (Å²) in [4.78, 5) is 0. The molecule has 2 atom stereocenters. The Labute approximate surface area is 72.6 Å². The van der Waals surface area contributed by atoms with Gasteiger partial charge in [0.1, 0.15) is 6.10 Å². The van der Waals surface area contributed by atoms with Gasteiger partial charge in [-0.15, -0.1) is 0 Å². The van der Waals surface area contributed by atoms with E-state index in [0.717, 1.165) is 0 Å². The minimum absolute atomic E-state index is 0.576. The van der Waals surface area contributed by atoms with Crippen molar-refractivity contribution in [2.75, 3.05) is 0 Å². The molecule has 0 radical (unpaired) electrons. The van der Waals surface area contributed by atoms with E-state index in [4.69, 9.17) is 0 Å². The lowest BCUT2D eigenvalue weighted by molar-refractivity contribution is -0.0226. The summed E-state index contributed by atoms with van der Waals surface area (Å²) < 4.78 is 14.1. The lowest BCUT2D eigenvalue weighted by Crippen LogP contribution is -2.47. The number of alkyl halides is 1. The van der Waals surface area contributed by atoms with Gasteiger partial charge in [-0.25, -0.2) is 4.39 Å². The predicted molar refractivity (Wildman–Crippen MR) is 47.6 cm³/mol. The summed E-state index contributed by atoms with van der Waals surface area (Å²) in [6.07, 6.45) is 5.18. The molecular formula is C10H15FO. The first-order valence-electron chi connectivity index (χ1n) is 4.11. The molecule has 0 fully saturated rings. The highest BCUT2D eigenvalue weighted by Gasteiger charge is 2.46. The zero-order valence-electron chi connectivity index (χ0n) is 7.71. The highest BCUT2D eigenvalue weighted by Crippen LogP contribution is 2.40. The van der Waals surface area contributed by atoms with Crippen molar-refractivity contribution in [1.29, 1.82) is 0 Å². The van der Waals surface area contributed by atoms with Crippen LogP contribution in [0.4, 0.5) is 4.39 Å². The van der Waals surface area contributed by atoms with Gasteiger partial charge in [0, 0.05) is 5.41 Å². The van der Waals surface area contributed by atoms with Crippen LogP contribution in [0.1, 0.15) is 20.8 Å². The smallest absolute Gasteiger partial charge is 0.163 e. The fourth-order valence-electron chi connectivity index (χ4n) is 1.30. The minimum Gasteiger partial charge on any atom is -0.385 e. The van der Waals surface area contributed by atoms with Gasteiger partial charge in [0.05, 0.1) is 0 Å². The molecule has 0 aromatic rings. The van der Waals surface area contributed by atoms with Crippen molar-refractivity contribution >= 4 is 0 Å². The largest absolute Gasteiger partial charge is 0.385 e. The van der Waals surface area contributed by atoms with Crippen LogP contribution in [0, 0.1) is 5.41 Å². The van der Waals surface area contributed by atoms with Crippen LogP contribution in [-0.4, -0.2) is 16.9 Å². The maximum absolute atomic E-state index is 14.1. The van der Waals surface area contributed by atoms with E-state index in [9.17, 15) is 9.50 Å². The molecule has 2 heteroatoms. The monoisotopic (exact) mass is 170 g/mol. The van der Waals surface area contributed by atoms with Crippen LogP contribution in [-0.2, 0) is 0 Å². The van der Waals surface area contributed by atoms with Crippen LogP contribution in [0.2, 0.25) is 0 Å². The zero-order chi connectivity index (χ0) is 9.41. The Hall–Kier alpha value is -0.630. The van der Waals surface area contributed by atoms with Gasteiger partial charge in [-0.3, -0.25) is 0 Å². The van der Waals surface area contributed by atoms with Crippen LogP contribution in [0.3, 0.4) is 0 Å². The first kappa shape index (κ1) is 9.46. The first-order valence-corrected chi connectivity index (χ1v) is 4.11. The van der Waals surface area contributed by atoms with Gasteiger partial charge in [0.2, 0.25) is 0 Å². The van der Waals surface area contributed by atoms with Crippen molar-refractivity contribution < 1.29 is 9.50 Å². The van der Waals surface area contributed by atoms with Crippen LogP contribution in [0.15, 0.2) is 24.3 Å². The standard InChI is InChI=1S/C10H15FO/c1-9(2,3)10(11)7-5-4-6-8(10)12/h4-8,12H,1-3H3. The lowest BCUT2D eigenvalue weighted by atomic mass is 9.73. The second-order valence-electron chi connectivity index (χ2n) is 4.21. The highest BCUT2D eigenvalue weighted by molar-refractivity contribution is 5.25. The molecule has 2 unspecified atom stereocenters. The van der Waals surface area contributed by atoms with Crippen LogP contribution < -0.4 is 0 Å². The summed E-state index contributed by atoms with van der Waals surface area (Å²) in [6.45, 7) is 5.33. The van der Waals surface area contributed by atoms with E-state index >= 15 is 0 Å². The minimum atomic E-state index is -1.64. The average Bonchev–Trinajstić information content (AvgIpc) is 1.93. The Morgan fingerprint density at radius 2 is 1.92 bits per heavy atom. The fourth-order valence-corrected chi connectivity index (χ4v) is 1.30. The second kappa shape index (κ2) is 2.70. The molecule has 0 spiro atoms. The SMILES string of the molecule is CC(C)(C)C1(F)C=CC=CC1O. The molecule has 68 valence electrons. The summed E-state index contributed by atoms with van der Waals surface area (Å²) in [5, 5.41) is 9.45. The summed E-state index contributed by atoms with van der Waals surface area (Å²) >= 11 is 0. The van der Waals surface area contributed by atoms with Gasteiger partial charge >= 0.3 is 0 Å². The summed E-state index contributed by atoms with van der Waals surface area (Å²) in [6, 6.07) is 0. The third kappa shape index (κ3) is 1.31. The topological polar surface area (TPSA) is 20.2 Å². The molecule has 0 bridgehead atoms. The van der Waals surface area contributed by atoms with Gasteiger partial charge in [0.15, 0.2) is 5.67 Å². The van der Waals surface area contributed by atoms with Crippen molar-refractivity contribution in [2.45, 2.75) is 32.5 Å². The third-order valence-electron chi connectivity index (χ3n) is 2.32. The number of hydrogen-bond acceptors (Lipinski definition) is 1. The number of hydrogen-bond donors (Lipinski definition) is 1. The molecule has 0 amide bonds. The molecule has 1 nitrogen and oxygen atoms in total. The van der Waals surface area contributed by atoms with Crippen LogP contribution in [0.25, 0.3) is 0 Å². The molecule has 1 aliphatic carbocycles. The van der Waals surface area contributed by atoms with E-state index in [0.29, 0.717) is 0 Å². The van der Waals surface area contributed by atoms with Gasteiger partial charge in [0.25, 0.3) is 0 Å². The van der Waals surface area contributed by atoms with E-state index in [-0.39, 0.29) is 0 Å². The van der Waals surface area contributed by atoms with Crippen molar-refractivity contribution in [1.82, 2.24) is 0 Å². The van der Waals surface area contributed by atoms with Crippen molar-refractivity contribution in [2.24, 2.45) is 5.41 Å². The summed E-state index contributed by atoms with van der Waals surface area (Å²) in [5.41, 5.74) is -2.21. The average molecular weight is 170 g/mol. The molecule has 0 aliphatic heterocycles. The van der Waals surface area contributed by atoms with Gasteiger partial charge in [-0.2, -0.15) is 0 Å². The molecule has 1 N–H and O–H groups in total. The second-order valence-corrected chi connectivity index (χ2v) is 4.21. The summed E-state index contributed by atoms with van der Waals surface area (Å²) in [7, 11) is 0. The highest BCUT2D eigenvalue weighted by atomic mass is 19.1. The maximum atomic E-state index is 14.1. The Morgan fingerprint density at radius 3 is 2.25 bits per heavy atom. The van der Waals surface area contributed by atoms with Crippen molar-refractivity contribution in [3.05, 3.63) is 24.3 Å².